The van der Waals surface area contributed by atoms with E-state index in [1.807, 2.05) is 0 Å². The zero-order chi connectivity index (χ0) is 12.2. The van der Waals surface area contributed by atoms with Crippen LogP contribution in [0, 0.1) is 11.8 Å². The predicted molar refractivity (Wildman–Crippen MR) is 75.8 cm³/mol. The molecule has 0 aromatic heterocycles. The molecule has 0 spiro atoms. The van der Waals surface area contributed by atoms with Crippen molar-refractivity contribution in [2.24, 2.45) is 11.8 Å². The van der Waals surface area contributed by atoms with Gasteiger partial charge in [-0.2, -0.15) is 0 Å². The fourth-order valence-electron chi connectivity index (χ4n) is 2.39. The first-order valence-corrected chi connectivity index (χ1v) is 7.79. The molecule has 1 rings (SSSR count). The van der Waals surface area contributed by atoms with Crippen molar-refractivity contribution >= 4 is 0 Å². The van der Waals surface area contributed by atoms with Crippen LogP contribution in [0.3, 0.4) is 0 Å². The molecular weight excluding hydrogens is 192 g/mol. The number of unbranched alkanes of at least 4 members (excludes halogenated alkanes) is 5. The highest BCUT2D eigenvalue weighted by atomic mass is 14.4. The lowest BCUT2D eigenvalue weighted by atomic mass is 10.1. The summed E-state index contributed by atoms with van der Waals surface area (Å²) in [5.41, 5.74) is 0. The van der Waals surface area contributed by atoms with Crippen LogP contribution in [0.1, 0.15) is 91.9 Å². The zero-order valence-electron chi connectivity index (χ0n) is 12.2. The molecule has 2 atom stereocenters. The molecule has 0 aromatic carbocycles. The van der Waals surface area contributed by atoms with Crippen LogP contribution in [-0.2, 0) is 0 Å². The monoisotopic (exact) mass is 226 g/mol. The van der Waals surface area contributed by atoms with Gasteiger partial charge in [-0.15, -0.1) is 0 Å². The molecule has 0 heteroatoms. The van der Waals surface area contributed by atoms with Crippen LogP contribution in [0.2, 0.25) is 0 Å². The van der Waals surface area contributed by atoms with E-state index in [1.54, 1.807) is 0 Å². The number of hydrogen-bond donors (Lipinski definition) is 0. The van der Waals surface area contributed by atoms with E-state index in [-0.39, 0.29) is 0 Å². The van der Waals surface area contributed by atoms with Gasteiger partial charge in [0, 0.05) is 0 Å². The topological polar surface area (TPSA) is 0 Å². The van der Waals surface area contributed by atoms with Gasteiger partial charge in [-0.3, -0.25) is 0 Å². The Morgan fingerprint density at radius 3 is 1.56 bits per heavy atom. The first kappa shape index (κ1) is 16.0. The van der Waals surface area contributed by atoms with Crippen LogP contribution in [0.5, 0.6) is 0 Å². The Bertz CT molecular complexity index is 122. The second-order valence-electron chi connectivity index (χ2n) is 5.37. The van der Waals surface area contributed by atoms with Crippen LogP contribution in [-0.4, -0.2) is 0 Å². The van der Waals surface area contributed by atoms with E-state index in [4.69, 9.17) is 0 Å². The molecule has 0 bridgehead atoms. The van der Waals surface area contributed by atoms with Gasteiger partial charge in [0.1, 0.15) is 0 Å². The summed E-state index contributed by atoms with van der Waals surface area (Å²) in [6.07, 6.45) is 14.3. The summed E-state index contributed by atoms with van der Waals surface area (Å²) in [7, 11) is 0. The highest BCUT2D eigenvalue weighted by Crippen LogP contribution is 2.43. The van der Waals surface area contributed by atoms with Gasteiger partial charge in [0.15, 0.2) is 0 Å². The van der Waals surface area contributed by atoms with E-state index >= 15 is 0 Å². The quantitative estimate of drug-likeness (QED) is 0.432. The summed E-state index contributed by atoms with van der Waals surface area (Å²) in [5.74, 6) is 2.25. The molecule has 0 N–H and O–H groups in total. The van der Waals surface area contributed by atoms with E-state index in [2.05, 4.69) is 27.7 Å². The van der Waals surface area contributed by atoms with Gasteiger partial charge in [0.2, 0.25) is 0 Å². The minimum atomic E-state index is 1.12. The van der Waals surface area contributed by atoms with Gasteiger partial charge in [-0.1, -0.05) is 85.5 Å². The van der Waals surface area contributed by atoms with Crippen molar-refractivity contribution in [3.63, 3.8) is 0 Å². The first-order valence-electron chi connectivity index (χ1n) is 7.79. The molecular formula is C16H34. The van der Waals surface area contributed by atoms with Crippen molar-refractivity contribution < 1.29 is 0 Å². The fraction of sp³-hybridized carbons (Fsp3) is 1.00. The lowest BCUT2D eigenvalue weighted by Gasteiger charge is -1.93. The smallest absolute Gasteiger partial charge is 0.0383 e. The van der Waals surface area contributed by atoms with Crippen molar-refractivity contribution in [3.8, 4) is 0 Å². The van der Waals surface area contributed by atoms with E-state index in [0.717, 1.165) is 11.8 Å². The molecule has 0 radical (unpaired) electrons. The molecule has 0 aliphatic heterocycles. The Labute approximate surface area is 104 Å². The summed E-state index contributed by atoms with van der Waals surface area (Å²) >= 11 is 0. The molecule has 2 unspecified atom stereocenters. The Kier molecular flexibility index (Phi) is 11.5. The molecule has 0 saturated heterocycles. The van der Waals surface area contributed by atoms with Crippen molar-refractivity contribution in [3.05, 3.63) is 0 Å². The van der Waals surface area contributed by atoms with Gasteiger partial charge in [-0.25, -0.2) is 0 Å². The van der Waals surface area contributed by atoms with E-state index in [9.17, 15) is 0 Å². The maximum Gasteiger partial charge on any atom is -0.0383 e. The second kappa shape index (κ2) is 11.5. The molecule has 0 heterocycles. The summed E-state index contributed by atoms with van der Waals surface area (Å²) in [4.78, 5) is 0. The van der Waals surface area contributed by atoms with Crippen molar-refractivity contribution in [1.29, 1.82) is 0 Å². The summed E-state index contributed by atoms with van der Waals surface area (Å²) in [6.45, 7) is 9.10. The normalized spacial score (nSPS) is 22.5. The standard InChI is InChI=1S/C8H16.C8H18/c1-3-5-8-6-7(8)4-2;1-3-5-7-8-6-4-2/h7-8H,3-6H2,1-2H3;3-8H2,1-2H3. The largest absolute Gasteiger partial charge is 0.0654 e. The summed E-state index contributed by atoms with van der Waals surface area (Å²) in [6, 6.07) is 0. The van der Waals surface area contributed by atoms with Gasteiger partial charge in [0.05, 0.1) is 0 Å². The number of hydrogen-bond acceptors (Lipinski definition) is 0. The van der Waals surface area contributed by atoms with Crippen molar-refractivity contribution in [1.82, 2.24) is 0 Å². The van der Waals surface area contributed by atoms with Gasteiger partial charge in [-0.05, 0) is 18.3 Å². The zero-order valence-corrected chi connectivity index (χ0v) is 12.2. The highest BCUT2D eigenvalue weighted by molar-refractivity contribution is 4.84. The lowest BCUT2D eigenvalue weighted by molar-refractivity contribution is 0.621. The average molecular weight is 226 g/mol. The third-order valence-electron chi connectivity index (χ3n) is 3.71. The average Bonchev–Trinajstić information content (AvgIpc) is 3.05. The molecule has 1 aliphatic carbocycles. The SMILES string of the molecule is CCCC1CC1CC.CCCCCCCC. The lowest BCUT2D eigenvalue weighted by Crippen LogP contribution is -1.77. The minimum absolute atomic E-state index is 1.12. The van der Waals surface area contributed by atoms with E-state index in [1.165, 1.54) is 64.2 Å². The Hall–Kier alpha value is 0. The third-order valence-corrected chi connectivity index (χ3v) is 3.71. The third kappa shape index (κ3) is 9.24. The molecule has 98 valence electrons. The van der Waals surface area contributed by atoms with Crippen LogP contribution < -0.4 is 0 Å². The van der Waals surface area contributed by atoms with Crippen LogP contribution in [0.25, 0.3) is 0 Å². The Morgan fingerprint density at radius 1 is 0.688 bits per heavy atom. The molecule has 0 aromatic rings. The minimum Gasteiger partial charge on any atom is -0.0654 e. The maximum atomic E-state index is 2.31. The number of rotatable bonds is 8. The van der Waals surface area contributed by atoms with Crippen LogP contribution in [0.4, 0.5) is 0 Å². The van der Waals surface area contributed by atoms with Gasteiger partial charge in [0.25, 0.3) is 0 Å². The van der Waals surface area contributed by atoms with Gasteiger partial charge >= 0.3 is 0 Å². The fourth-order valence-corrected chi connectivity index (χ4v) is 2.39. The summed E-state index contributed by atoms with van der Waals surface area (Å²) in [5, 5.41) is 0. The molecule has 1 fully saturated rings. The maximum absolute atomic E-state index is 2.31. The van der Waals surface area contributed by atoms with Crippen molar-refractivity contribution in [2.45, 2.75) is 91.9 Å². The molecule has 0 nitrogen and oxygen atoms in total. The predicted octanol–water partition coefficient (Wildman–Crippen LogP) is 6.20. The summed E-state index contributed by atoms with van der Waals surface area (Å²) < 4.78 is 0. The Balaban J connectivity index is 0.000000281. The van der Waals surface area contributed by atoms with Gasteiger partial charge < -0.3 is 0 Å². The highest BCUT2D eigenvalue weighted by Gasteiger charge is 2.33. The van der Waals surface area contributed by atoms with E-state index in [0.29, 0.717) is 0 Å². The molecule has 0 amide bonds. The van der Waals surface area contributed by atoms with Crippen LogP contribution >= 0.6 is 0 Å². The molecule has 1 aliphatic rings. The first-order chi connectivity index (χ1) is 7.79. The van der Waals surface area contributed by atoms with E-state index < -0.39 is 0 Å². The Morgan fingerprint density at radius 2 is 1.25 bits per heavy atom. The molecule has 16 heavy (non-hydrogen) atoms. The van der Waals surface area contributed by atoms with Crippen molar-refractivity contribution in [2.75, 3.05) is 0 Å². The second-order valence-corrected chi connectivity index (χ2v) is 5.37. The molecule has 1 saturated carbocycles. The van der Waals surface area contributed by atoms with Crippen LogP contribution in [0.15, 0.2) is 0 Å².